The molecule has 1 aromatic heterocycles. The van der Waals surface area contributed by atoms with Crippen LogP contribution in [0.15, 0.2) is 35.4 Å². The number of sulfonamides is 1. The molecule has 1 aromatic carbocycles. The molecule has 1 heterocycles. The van der Waals surface area contributed by atoms with Gasteiger partial charge in [0.2, 0.25) is 10.0 Å². The van der Waals surface area contributed by atoms with Crippen molar-refractivity contribution in [3.05, 3.63) is 30.5 Å². The molecule has 0 unspecified atom stereocenters. The summed E-state index contributed by atoms with van der Waals surface area (Å²) in [5.74, 6) is 0.592. The van der Waals surface area contributed by atoms with Gasteiger partial charge in [0.1, 0.15) is 11.3 Å². The molecule has 0 bridgehead atoms. The molecule has 2 aromatic rings. The van der Waals surface area contributed by atoms with E-state index in [1.54, 1.807) is 24.4 Å². The number of hydrogen-bond donors (Lipinski definition) is 1. The largest absolute Gasteiger partial charge is 0.491 e. The summed E-state index contributed by atoms with van der Waals surface area (Å²) >= 11 is 0. The predicted octanol–water partition coefficient (Wildman–Crippen LogP) is 2.84. The standard InChI is InChI=1S/C15H20N2O3S/c1-2-3-4-5-11-20-13-8-9-14(21(16,18)19)12-7-6-10-17-15(12)13/h6-10H,2-5,11H2,1H3,(H2,16,18,19). The van der Waals surface area contributed by atoms with E-state index in [4.69, 9.17) is 9.88 Å². The summed E-state index contributed by atoms with van der Waals surface area (Å²) in [5, 5.41) is 5.72. The molecular weight excluding hydrogens is 288 g/mol. The highest BCUT2D eigenvalue weighted by molar-refractivity contribution is 7.89. The average molecular weight is 308 g/mol. The van der Waals surface area contributed by atoms with Gasteiger partial charge in [0.15, 0.2) is 0 Å². The van der Waals surface area contributed by atoms with Crippen molar-refractivity contribution in [1.82, 2.24) is 4.98 Å². The van der Waals surface area contributed by atoms with Gasteiger partial charge in [0, 0.05) is 11.6 Å². The summed E-state index contributed by atoms with van der Waals surface area (Å²) in [6, 6.07) is 6.46. The van der Waals surface area contributed by atoms with Gasteiger partial charge in [0.25, 0.3) is 0 Å². The highest BCUT2D eigenvalue weighted by Gasteiger charge is 2.15. The molecular formula is C15H20N2O3S. The van der Waals surface area contributed by atoms with E-state index in [0.29, 0.717) is 23.3 Å². The normalized spacial score (nSPS) is 11.7. The van der Waals surface area contributed by atoms with E-state index in [2.05, 4.69) is 11.9 Å². The summed E-state index contributed by atoms with van der Waals surface area (Å²) in [6.45, 7) is 2.75. The third-order valence-corrected chi connectivity index (χ3v) is 4.22. The van der Waals surface area contributed by atoms with Crippen molar-refractivity contribution in [3.8, 4) is 5.75 Å². The lowest BCUT2D eigenvalue weighted by molar-refractivity contribution is 0.308. The van der Waals surface area contributed by atoms with Gasteiger partial charge in [-0.05, 0) is 30.7 Å². The minimum atomic E-state index is -3.77. The highest BCUT2D eigenvalue weighted by Crippen LogP contribution is 2.28. The number of hydrogen-bond acceptors (Lipinski definition) is 4. The van der Waals surface area contributed by atoms with Gasteiger partial charge < -0.3 is 4.74 Å². The van der Waals surface area contributed by atoms with Crippen LogP contribution in [0.25, 0.3) is 10.9 Å². The van der Waals surface area contributed by atoms with E-state index in [9.17, 15) is 8.42 Å². The summed E-state index contributed by atoms with van der Waals surface area (Å²) in [7, 11) is -3.77. The fraction of sp³-hybridized carbons (Fsp3) is 0.400. The van der Waals surface area contributed by atoms with Gasteiger partial charge in [-0.1, -0.05) is 26.2 Å². The van der Waals surface area contributed by atoms with Gasteiger partial charge in [-0.15, -0.1) is 0 Å². The fourth-order valence-electron chi connectivity index (χ4n) is 2.20. The summed E-state index contributed by atoms with van der Waals surface area (Å²) < 4.78 is 28.9. The molecule has 0 aliphatic rings. The summed E-state index contributed by atoms with van der Waals surface area (Å²) in [6.07, 6.45) is 6.07. The topological polar surface area (TPSA) is 82.3 Å². The quantitative estimate of drug-likeness (QED) is 0.797. The minimum absolute atomic E-state index is 0.0731. The van der Waals surface area contributed by atoms with Crippen molar-refractivity contribution < 1.29 is 13.2 Å². The first kappa shape index (κ1) is 15.7. The zero-order valence-electron chi connectivity index (χ0n) is 12.1. The van der Waals surface area contributed by atoms with Crippen LogP contribution >= 0.6 is 0 Å². The molecule has 6 heteroatoms. The number of unbranched alkanes of at least 4 members (excludes halogenated alkanes) is 3. The van der Waals surface area contributed by atoms with Crippen molar-refractivity contribution in [1.29, 1.82) is 0 Å². The average Bonchev–Trinajstić information content (AvgIpc) is 2.45. The number of aromatic nitrogens is 1. The minimum Gasteiger partial charge on any atom is -0.491 e. The third kappa shape index (κ3) is 3.92. The molecule has 21 heavy (non-hydrogen) atoms. The van der Waals surface area contributed by atoms with Crippen molar-refractivity contribution >= 4 is 20.9 Å². The molecule has 0 aliphatic carbocycles. The maximum Gasteiger partial charge on any atom is 0.238 e. The van der Waals surface area contributed by atoms with Crippen LogP contribution in [0.3, 0.4) is 0 Å². The van der Waals surface area contributed by atoms with Crippen LogP contribution in [0.4, 0.5) is 0 Å². The van der Waals surface area contributed by atoms with Crippen LogP contribution in [-0.4, -0.2) is 20.0 Å². The SMILES string of the molecule is CCCCCCOc1ccc(S(N)(=O)=O)c2cccnc12. The number of ether oxygens (including phenoxy) is 1. The molecule has 0 fully saturated rings. The first-order valence-corrected chi connectivity index (χ1v) is 8.62. The van der Waals surface area contributed by atoms with E-state index in [1.165, 1.54) is 18.9 Å². The monoisotopic (exact) mass is 308 g/mol. The molecule has 0 amide bonds. The molecule has 0 radical (unpaired) electrons. The zero-order chi connectivity index (χ0) is 15.3. The maximum absolute atomic E-state index is 11.6. The molecule has 0 atom stereocenters. The zero-order valence-corrected chi connectivity index (χ0v) is 12.9. The first-order chi connectivity index (χ1) is 10.0. The Hall–Kier alpha value is -1.66. The Morgan fingerprint density at radius 1 is 1.19 bits per heavy atom. The Labute approximate surface area is 125 Å². The lowest BCUT2D eigenvalue weighted by Gasteiger charge is -2.10. The first-order valence-electron chi connectivity index (χ1n) is 7.07. The van der Waals surface area contributed by atoms with Crippen molar-refractivity contribution in [3.63, 3.8) is 0 Å². The van der Waals surface area contributed by atoms with Crippen LogP contribution in [0, 0.1) is 0 Å². The third-order valence-electron chi connectivity index (χ3n) is 3.25. The Morgan fingerprint density at radius 3 is 2.71 bits per heavy atom. The number of pyridine rings is 1. The van der Waals surface area contributed by atoms with Crippen LogP contribution in [-0.2, 0) is 10.0 Å². The molecule has 0 saturated heterocycles. The van der Waals surface area contributed by atoms with Crippen LogP contribution in [0.5, 0.6) is 5.75 Å². The second-order valence-corrected chi connectivity index (χ2v) is 6.45. The maximum atomic E-state index is 11.6. The molecule has 0 saturated carbocycles. The molecule has 5 nitrogen and oxygen atoms in total. The Morgan fingerprint density at radius 2 is 2.00 bits per heavy atom. The lowest BCUT2D eigenvalue weighted by Crippen LogP contribution is -2.13. The smallest absolute Gasteiger partial charge is 0.238 e. The molecule has 2 N–H and O–H groups in total. The van der Waals surface area contributed by atoms with Crippen molar-refractivity contribution in [2.45, 2.75) is 37.5 Å². The lowest BCUT2D eigenvalue weighted by atomic mass is 10.2. The van der Waals surface area contributed by atoms with Crippen molar-refractivity contribution in [2.24, 2.45) is 5.14 Å². The second kappa shape index (κ2) is 6.87. The number of rotatable bonds is 7. The summed E-state index contributed by atoms with van der Waals surface area (Å²) in [4.78, 5) is 4.30. The van der Waals surface area contributed by atoms with Gasteiger partial charge in [-0.2, -0.15) is 0 Å². The summed E-state index contributed by atoms with van der Waals surface area (Å²) in [5.41, 5.74) is 0.527. The van der Waals surface area contributed by atoms with Gasteiger partial charge in [-0.3, -0.25) is 4.98 Å². The van der Waals surface area contributed by atoms with Crippen LogP contribution < -0.4 is 9.88 Å². The molecule has 0 aliphatic heterocycles. The number of primary sulfonamides is 1. The molecule has 114 valence electrons. The van der Waals surface area contributed by atoms with Gasteiger partial charge in [-0.25, -0.2) is 13.6 Å². The van der Waals surface area contributed by atoms with Crippen LogP contribution in [0.2, 0.25) is 0 Å². The Balaban J connectivity index is 2.26. The number of benzene rings is 1. The number of nitrogens with two attached hydrogens (primary N) is 1. The predicted molar refractivity (Wildman–Crippen MR) is 82.8 cm³/mol. The number of fused-ring (bicyclic) bond motifs is 1. The van der Waals surface area contributed by atoms with E-state index in [-0.39, 0.29) is 4.90 Å². The Bertz CT molecular complexity index is 714. The number of nitrogens with zero attached hydrogens (tertiary/aromatic N) is 1. The van der Waals surface area contributed by atoms with Crippen molar-refractivity contribution in [2.75, 3.05) is 6.61 Å². The van der Waals surface area contributed by atoms with E-state index in [1.807, 2.05) is 0 Å². The van der Waals surface area contributed by atoms with E-state index < -0.39 is 10.0 Å². The molecule has 2 rings (SSSR count). The van der Waals surface area contributed by atoms with E-state index in [0.717, 1.165) is 12.8 Å². The van der Waals surface area contributed by atoms with Gasteiger partial charge in [0.05, 0.1) is 11.5 Å². The van der Waals surface area contributed by atoms with Crippen LogP contribution in [0.1, 0.15) is 32.6 Å². The second-order valence-electron chi connectivity index (χ2n) is 4.92. The van der Waals surface area contributed by atoms with E-state index >= 15 is 0 Å². The van der Waals surface area contributed by atoms with Gasteiger partial charge >= 0.3 is 0 Å². The Kier molecular flexibility index (Phi) is 5.14. The fourth-order valence-corrected chi connectivity index (χ4v) is 2.93. The highest BCUT2D eigenvalue weighted by atomic mass is 32.2. The molecule has 0 spiro atoms.